The molecule has 0 spiro atoms. The zero-order valence-electron chi connectivity index (χ0n) is 11.4. The van der Waals surface area contributed by atoms with Gasteiger partial charge >= 0.3 is 6.18 Å². The molecule has 2 rings (SSSR count). The highest BCUT2D eigenvalue weighted by Crippen LogP contribution is 2.35. The van der Waals surface area contributed by atoms with Crippen LogP contribution < -0.4 is 0 Å². The molecule has 1 N–H and O–H groups in total. The topological polar surface area (TPSA) is 20.2 Å². The third-order valence-corrected chi connectivity index (χ3v) is 4.25. The monoisotopic (exact) mass is 300 g/mol. The van der Waals surface area contributed by atoms with E-state index >= 15 is 0 Å². The van der Waals surface area contributed by atoms with Crippen LogP contribution in [0.3, 0.4) is 0 Å². The Kier molecular flexibility index (Phi) is 3.93. The molecule has 1 heterocycles. The fraction of sp³-hybridized carbons (Fsp3) is 0.333. The van der Waals surface area contributed by atoms with Crippen LogP contribution in [0.15, 0.2) is 24.3 Å². The number of benzene rings is 1. The minimum Gasteiger partial charge on any atom is -0.384 e. The van der Waals surface area contributed by atoms with Gasteiger partial charge in [0.1, 0.15) is 6.10 Å². The molecule has 1 unspecified atom stereocenters. The molecule has 1 atom stereocenters. The van der Waals surface area contributed by atoms with Crippen molar-refractivity contribution in [1.29, 1.82) is 0 Å². The molecule has 5 heteroatoms. The first-order valence-corrected chi connectivity index (χ1v) is 6.94. The standard InChI is InChI=1S/C15H15F3OS/c1-8-6-11(15(16,17)18)4-5-12(8)14(19)13-7-9(2)20-10(13)3/h4-7,14,19H,1-3H3. The van der Waals surface area contributed by atoms with Gasteiger partial charge in [-0.3, -0.25) is 0 Å². The summed E-state index contributed by atoms with van der Waals surface area (Å²) in [6.07, 6.45) is -5.24. The smallest absolute Gasteiger partial charge is 0.384 e. The average Bonchev–Trinajstić information content (AvgIpc) is 2.66. The summed E-state index contributed by atoms with van der Waals surface area (Å²) in [5.41, 5.74) is 1.02. The number of aryl methyl sites for hydroxylation is 3. The maximum absolute atomic E-state index is 12.6. The van der Waals surface area contributed by atoms with E-state index in [4.69, 9.17) is 0 Å². The molecule has 0 saturated heterocycles. The number of halogens is 3. The zero-order valence-corrected chi connectivity index (χ0v) is 12.2. The first kappa shape index (κ1) is 15.1. The minimum absolute atomic E-state index is 0.440. The van der Waals surface area contributed by atoms with Crippen molar-refractivity contribution in [3.05, 3.63) is 56.3 Å². The molecule has 0 aliphatic carbocycles. The van der Waals surface area contributed by atoms with Crippen LogP contribution in [0.2, 0.25) is 0 Å². The normalized spacial score (nSPS) is 13.6. The van der Waals surface area contributed by atoms with E-state index in [0.717, 1.165) is 27.5 Å². The Morgan fingerprint density at radius 2 is 1.70 bits per heavy atom. The lowest BCUT2D eigenvalue weighted by Gasteiger charge is -2.16. The molecule has 1 aromatic heterocycles. The second-order valence-electron chi connectivity index (χ2n) is 4.84. The van der Waals surface area contributed by atoms with Gasteiger partial charge < -0.3 is 5.11 Å². The van der Waals surface area contributed by atoms with E-state index in [-0.39, 0.29) is 0 Å². The Hall–Kier alpha value is -1.33. The van der Waals surface area contributed by atoms with Crippen LogP contribution in [0.4, 0.5) is 13.2 Å². The van der Waals surface area contributed by atoms with Crippen LogP contribution in [0.5, 0.6) is 0 Å². The van der Waals surface area contributed by atoms with Crippen LogP contribution in [-0.4, -0.2) is 5.11 Å². The fourth-order valence-corrected chi connectivity index (χ4v) is 3.21. The highest BCUT2D eigenvalue weighted by atomic mass is 32.1. The molecule has 0 radical (unpaired) electrons. The van der Waals surface area contributed by atoms with Gasteiger partial charge in [0.25, 0.3) is 0 Å². The van der Waals surface area contributed by atoms with Crippen molar-refractivity contribution in [1.82, 2.24) is 0 Å². The van der Waals surface area contributed by atoms with E-state index in [2.05, 4.69) is 0 Å². The molecule has 0 amide bonds. The molecule has 0 aliphatic heterocycles. The van der Waals surface area contributed by atoms with Gasteiger partial charge in [-0.25, -0.2) is 0 Å². The van der Waals surface area contributed by atoms with E-state index in [9.17, 15) is 18.3 Å². The SMILES string of the molecule is Cc1cc(C(O)c2ccc(C(F)(F)F)cc2C)c(C)s1. The molecular weight excluding hydrogens is 285 g/mol. The lowest BCUT2D eigenvalue weighted by molar-refractivity contribution is -0.137. The van der Waals surface area contributed by atoms with Gasteiger partial charge in [0.15, 0.2) is 0 Å². The van der Waals surface area contributed by atoms with Crippen molar-refractivity contribution >= 4 is 11.3 Å². The molecule has 0 bridgehead atoms. The number of aliphatic hydroxyl groups is 1. The first-order valence-electron chi connectivity index (χ1n) is 6.13. The quantitative estimate of drug-likeness (QED) is 0.846. The minimum atomic E-state index is -4.36. The van der Waals surface area contributed by atoms with Crippen LogP contribution in [0.25, 0.3) is 0 Å². The van der Waals surface area contributed by atoms with Crippen LogP contribution in [0, 0.1) is 20.8 Å². The molecule has 2 aromatic rings. The van der Waals surface area contributed by atoms with Crippen LogP contribution >= 0.6 is 11.3 Å². The van der Waals surface area contributed by atoms with Gasteiger partial charge in [-0.05, 0) is 55.7 Å². The van der Waals surface area contributed by atoms with Crippen molar-refractivity contribution in [2.75, 3.05) is 0 Å². The highest BCUT2D eigenvalue weighted by molar-refractivity contribution is 7.12. The summed E-state index contributed by atoms with van der Waals surface area (Å²) in [6, 6.07) is 5.32. The van der Waals surface area contributed by atoms with E-state index in [1.54, 1.807) is 18.3 Å². The Morgan fingerprint density at radius 1 is 1.05 bits per heavy atom. The second kappa shape index (κ2) is 5.22. The first-order chi connectivity index (χ1) is 9.20. The van der Waals surface area contributed by atoms with Crippen molar-refractivity contribution < 1.29 is 18.3 Å². The average molecular weight is 300 g/mol. The van der Waals surface area contributed by atoms with Crippen molar-refractivity contribution in [3.8, 4) is 0 Å². The predicted octanol–water partition coefficient (Wildman–Crippen LogP) is 4.77. The third-order valence-electron chi connectivity index (χ3n) is 3.27. The lowest BCUT2D eigenvalue weighted by Crippen LogP contribution is -2.08. The summed E-state index contributed by atoms with van der Waals surface area (Å²) in [6.45, 7) is 5.42. The molecule has 108 valence electrons. The Bertz CT molecular complexity index is 629. The number of hydrogen-bond acceptors (Lipinski definition) is 2. The van der Waals surface area contributed by atoms with Crippen LogP contribution in [0.1, 0.15) is 38.1 Å². The van der Waals surface area contributed by atoms with Gasteiger partial charge in [-0.15, -0.1) is 11.3 Å². The highest BCUT2D eigenvalue weighted by Gasteiger charge is 2.31. The van der Waals surface area contributed by atoms with Crippen molar-refractivity contribution in [3.63, 3.8) is 0 Å². The zero-order chi connectivity index (χ0) is 15.1. The molecule has 0 fully saturated rings. The maximum Gasteiger partial charge on any atom is 0.416 e. The number of hydrogen-bond donors (Lipinski definition) is 1. The summed E-state index contributed by atoms with van der Waals surface area (Å²) < 4.78 is 37.9. The summed E-state index contributed by atoms with van der Waals surface area (Å²) in [5, 5.41) is 10.4. The number of aliphatic hydroxyl groups excluding tert-OH is 1. The second-order valence-corrected chi connectivity index (χ2v) is 6.30. The van der Waals surface area contributed by atoms with Gasteiger partial charge in [0, 0.05) is 9.75 Å². The summed E-state index contributed by atoms with van der Waals surface area (Å²) >= 11 is 1.57. The van der Waals surface area contributed by atoms with Crippen LogP contribution in [-0.2, 0) is 6.18 Å². The van der Waals surface area contributed by atoms with E-state index in [0.29, 0.717) is 11.1 Å². The fourth-order valence-electron chi connectivity index (χ4n) is 2.25. The molecular formula is C15H15F3OS. The van der Waals surface area contributed by atoms with Crippen molar-refractivity contribution in [2.24, 2.45) is 0 Å². The van der Waals surface area contributed by atoms with E-state index in [1.165, 1.54) is 6.07 Å². The Labute approximate surface area is 119 Å². The summed E-state index contributed by atoms with van der Waals surface area (Å²) in [7, 11) is 0. The molecule has 20 heavy (non-hydrogen) atoms. The Balaban J connectivity index is 2.41. The largest absolute Gasteiger partial charge is 0.416 e. The number of thiophene rings is 1. The van der Waals surface area contributed by atoms with Gasteiger partial charge in [0.05, 0.1) is 5.56 Å². The predicted molar refractivity (Wildman–Crippen MR) is 74.0 cm³/mol. The van der Waals surface area contributed by atoms with Gasteiger partial charge in [-0.1, -0.05) is 6.07 Å². The molecule has 0 saturated carbocycles. The van der Waals surface area contributed by atoms with E-state index < -0.39 is 17.8 Å². The molecule has 1 nitrogen and oxygen atoms in total. The molecule has 0 aliphatic rings. The third kappa shape index (κ3) is 2.88. The summed E-state index contributed by atoms with van der Waals surface area (Å²) in [5.74, 6) is 0. The lowest BCUT2D eigenvalue weighted by atomic mass is 9.96. The molecule has 1 aromatic carbocycles. The Morgan fingerprint density at radius 3 is 2.15 bits per heavy atom. The maximum atomic E-state index is 12.6. The number of rotatable bonds is 2. The van der Waals surface area contributed by atoms with Crippen molar-refractivity contribution in [2.45, 2.75) is 33.1 Å². The van der Waals surface area contributed by atoms with Gasteiger partial charge in [0.2, 0.25) is 0 Å². The van der Waals surface area contributed by atoms with Gasteiger partial charge in [-0.2, -0.15) is 13.2 Å². The number of alkyl halides is 3. The summed E-state index contributed by atoms with van der Waals surface area (Å²) in [4.78, 5) is 2.05. The van der Waals surface area contributed by atoms with E-state index in [1.807, 2.05) is 19.9 Å².